The zero-order chi connectivity index (χ0) is 27.8. The first-order valence-electron chi connectivity index (χ1n) is 15.6. The smallest absolute Gasteiger partial charge is 0.143 e. The summed E-state index contributed by atoms with van der Waals surface area (Å²) in [4.78, 5) is 23.8. The molecule has 1 atom stereocenters. The van der Waals surface area contributed by atoms with Gasteiger partial charge < -0.3 is 4.79 Å². The molecule has 0 N–H and O–H groups in total. The van der Waals surface area contributed by atoms with Crippen molar-refractivity contribution in [1.29, 1.82) is 0 Å². The molecule has 0 aliphatic rings. The summed E-state index contributed by atoms with van der Waals surface area (Å²) in [6, 6.07) is 0. The van der Waals surface area contributed by atoms with E-state index >= 15 is 0 Å². The minimum atomic E-state index is -0.379. The Labute approximate surface area is 236 Å². The van der Waals surface area contributed by atoms with Crippen molar-refractivity contribution in [2.24, 2.45) is 5.92 Å². The molecule has 0 aromatic rings. The molecule has 0 amide bonds. The largest absolute Gasteiger partial charge is 0.303 e. The first-order valence-corrected chi connectivity index (χ1v) is 15.6. The molecule has 0 fully saturated rings. The van der Waals surface area contributed by atoms with Crippen LogP contribution < -0.4 is 0 Å². The molecule has 0 aromatic carbocycles. The van der Waals surface area contributed by atoms with Crippen molar-refractivity contribution in [2.45, 2.75) is 136 Å². The molecule has 0 bridgehead atoms. The van der Waals surface area contributed by atoms with Gasteiger partial charge in [-0.25, -0.2) is 0 Å². The highest BCUT2D eigenvalue weighted by Gasteiger charge is 2.16. The van der Waals surface area contributed by atoms with Gasteiger partial charge in [0.2, 0.25) is 0 Å². The second kappa shape index (κ2) is 31.0. The number of rotatable bonds is 27. The number of ketones is 1. The minimum Gasteiger partial charge on any atom is -0.303 e. The SMILES string of the molecule is CCC=CCC=CCC=CCCCCCCCC(=O)C(C=O)CCCCCCC=CCC=CCC=CCC. The van der Waals surface area contributed by atoms with Crippen molar-refractivity contribution in [3.8, 4) is 0 Å². The highest BCUT2D eigenvalue weighted by Crippen LogP contribution is 2.15. The van der Waals surface area contributed by atoms with Crippen LogP contribution in [-0.2, 0) is 9.59 Å². The van der Waals surface area contributed by atoms with Crippen molar-refractivity contribution in [3.05, 3.63) is 72.9 Å². The first kappa shape index (κ1) is 35.8. The highest BCUT2D eigenvalue weighted by atomic mass is 16.1. The summed E-state index contributed by atoms with van der Waals surface area (Å²) < 4.78 is 0. The van der Waals surface area contributed by atoms with Crippen molar-refractivity contribution >= 4 is 12.1 Å². The number of allylic oxidation sites excluding steroid dienone is 12. The van der Waals surface area contributed by atoms with Crippen LogP contribution in [0.5, 0.6) is 0 Å². The zero-order valence-electron chi connectivity index (χ0n) is 24.8. The molecule has 38 heavy (non-hydrogen) atoms. The van der Waals surface area contributed by atoms with Gasteiger partial charge in [0.15, 0.2) is 0 Å². The monoisotopic (exact) mass is 522 g/mol. The number of unbranched alkanes of at least 4 members (excludes halogenated alkanes) is 9. The molecular formula is C36H58O2. The topological polar surface area (TPSA) is 34.1 Å². The molecule has 0 heterocycles. The van der Waals surface area contributed by atoms with Crippen molar-refractivity contribution < 1.29 is 9.59 Å². The van der Waals surface area contributed by atoms with Crippen LogP contribution in [0.3, 0.4) is 0 Å². The molecule has 0 rings (SSSR count). The number of aldehydes is 1. The lowest BCUT2D eigenvalue weighted by atomic mass is 9.94. The van der Waals surface area contributed by atoms with Gasteiger partial charge in [0.1, 0.15) is 12.1 Å². The van der Waals surface area contributed by atoms with E-state index in [0.29, 0.717) is 6.42 Å². The summed E-state index contributed by atoms with van der Waals surface area (Å²) >= 11 is 0. The fraction of sp³-hybridized carbons (Fsp3) is 0.611. The van der Waals surface area contributed by atoms with E-state index in [1.54, 1.807) is 0 Å². The molecule has 0 spiro atoms. The molecular weight excluding hydrogens is 464 g/mol. The minimum absolute atomic E-state index is 0.155. The normalized spacial score (nSPS) is 13.4. The zero-order valence-corrected chi connectivity index (χ0v) is 24.8. The summed E-state index contributed by atoms with van der Waals surface area (Å²) in [6.07, 6.45) is 47.6. The van der Waals surface area contributed by atoms with E-state index in [-0.39, 0.29) is 11.7 Å². The lowest BCUT2D eigenvalue weighted by Gasteiger charge is -2.09. The quantitative estimate of drug-likeness (QED) is 0.0465. The number of carbonyl (C=O) groups excluding carboxylic acids is 2. The van der Waals surface area contributed by atoms with Crippen molar-refractivity contribution in [2.75, 3.05) is 0 Å². The van der Waals surface area contributed by atoms with E-state index in [1.165, 1.54) is 32.1 Å². The van der Waals surface area contributed by atoms with Gasteiger partial charge in [0.05, 0.1) is 5.92 Å². The Hall–Kier alpha value is -2.22. The van der Waals surface area contributed by atoms with E-state index < -0.39 is 0 Å². The molecule has 0 saturated carbocycles. The van der Waals surface area contributed by atoms with Gasteiger partial charge in [-0.3, -0.25) is 4.79 Å². The Balaban J connectivity index is 3.63. The van der Waals surface area contributed by atoms with Gasteiger partial charge in [0.25, 0.3) is 0 Å². The second-order valence-electron chi connectivity index (χ2n) is 10.1. The molecule has 0 aliphatic heterocycles. The molecule has 2 heteroatoms. The molecule has 0 saturated heterocycles. The summed E-state index contributed by atoms with van der Waals surface area (Å²) in [5, 5.41) is 0. The Morgan fingerprint density at radius 1 is 0.500 bits per heavy atom. The number of hydrogen-bond acceptors (Lipinski definition) is 2. The average molecular weight is 523 g/mol. The van der Waals surface area contributed by atoms with Crippen LogP contribution in [-0.4, -0.2) is 12.1 Å². The maximum Gasteiger partial charge on any atom is 0.143 e. The van der Waals surface area contributed by atoms with Crippen LogP contribution >= 0.6 is 0 Å². The fourth-order valence-electron chi connectivity index (χ4n) is 4.22. The number of carbonyl (C=O) groups is 2. The standard InChI is InChI=1S/C36H58O2/c1-3-5-7-9-11-13-15-17-19-21-23-25-27-29-31-33-36(38)35(34-37)32-30-28-26-24-22-20-18-16-14-12-10-8-6-4-2/h5-8,11-14,17-20,34-35H,3-4,9-10,15-16,21-33H2,1-2H3. The first-order chi connectivity index (χ1) is 18.8. The van der Waals surface area contributed by atoms with Gasteiger partial charge in [-0.15, -0.1) is 0 Å². The van der Waals surface area contributed by atoms with Gasteiger partial charge in [-0.1, -0.05) is 125 Å². The number of Topliss-reactive ketones (excluding diaryl/α,β-unsaturated/α-hetero) is 1. The van der Waals surface area contributed by atoms with Gasteiger partial charge in [-0.2, -0.15) is 0 Å². The van der Waals surface area contributed by atoms with Crippen LogP contribution in [0.15, 0.2) is 72.9 Å². The van der Waals surface area contributed by atoms with Crippen molar-refractivity contribution in [1.82, 2.24) is 0 Å². The van der Waals surface area contributed by atoms with Crippen molar-refractivity contribution in [3.63, 3.8) is 0 Å². The average Bonchev–Trinajstić information content (AvgIpc) is 2.93. The van der Waals surface area contributed by atoms with Crippen LogP contribution in [0.4, 0.5) is 0 Å². The van der Waals surface area contributed by atoms with Gasteiger partial charge >= 0.3 is 0 Å². The third-order valence-electron chi connectivity index (χ3n) is 6.57. The Kier molecular flexibility index (Phi) is 29.2. The van der Waals surface area contributed by atoms with Crippen LogP contribution in [0.1, 0.15) is 136 Å². The molecule has 0 aromatic heterocycles. The van der Waals surface area contributed by atoms with Crippen LogP contribution in [0, 0.1) is 5.92 Å². The van der Waals surface area contributed by atoms with Crippen LogP contribution in [0.2, 0.25) is 0 Å². The number of hydrogen-bond donors (Lipinski definition) is 0. The molecule has 214 valence electrons. The van der Waals surface area contributed by atoms with E-state index in [4.69, 9.17) is 0 Å². The Morgan fingerprint density at radius 2 is 0.895 bits per heavy atom. The van der Waals surface area contributed by atoms with Gasteiger partial charge in [0, 0.05) is 6.42 Å². The lowest BCUT2D eigenvalue weighted by molar-refractivity contribution is -0.127. The summed E-state index contributed by atoms with van der Waals surface area (Å²) in [6.45, 7) is 4.31. The van der Waals surface area contributed by atoms with E-state index in [2.05, 4.69) is 86.8 Å². The Bertz CT molecular complexity index is 705. The maximum atomic E-state index is 12.4. The third-order valence-corrected chi connectivity index (χ3v) is 6.57. The molecule has 1 unspecified atom stereocenters. The highest BCUT2D eigenvalue weighted by molar-refractivity contribution is 5.93. The van der Waals surface area contributed by atoms with Crippen LogP contribution in [0.25, 0.3) is 0 Å². The second-order valence-corrected chi connectivity index (χ2v) is 10.1. The predicted octanol–water partition coefficient (Wildman–Crippen LogP) is 11.2. The van der Waals surface area contributed by atoms with E-state index in [0.717, 1.165) is 89.8 Å². The van der Waals surface area contributed by atoms with E-state index in [9.17, 15) is 9.59 Å². The lowest BCUT2D eigenvalue weighted by Crippen LogP contribution is -2.15. The summed E-state index contributed by atoms with van der Waals surface area (Å²) in [7, 11) is 0. The Morgan fingerprint density at radius 3 is 1.37 bits per heavy atom. The maximum absolute atomic E-state index is 12.4. The van der Waals surface area contributed by atoms with E-state index in [1.807, 2.05) is 0 Å². The predicted molar refractivity (Wildman–Crippen MR) is 168 cm³/mol. The fourth-order valence-corrected chi connectivity index (χ4v) is 4.22. The molecule has 0 radical (unpaired) electrons. The summed E-state index contributed by atoms with van der Waals surface area (Å²) in [5.41, 5.74) is 0. The third kappa shape index (κ3) is 26.8. The van der Waals surface area contributed by atoms with Gasteiger partial charge in [-0.05, 0) is 77.0 Å². The molecule has 0 aliphatic carbocycles. The molecule has 2 nitrogen and oxygen atoms in total. The summed E-state index contributed by atoms with van der Waals surface area (Å²) in [5.74, 6) is -0.224.